The number of aliphatic hydroxyl groups is 1. The maximum absolute atomic E-state index is 12.3. The normalized spacial score (nSPS) is 20.6. The Morgan fingerprint density at radius 2 is 1.88 bits per heavy atom. The van der Waals surface area contributed by atoms with Crippen molar-refractivity contribution in [2.24, 2.45) is 5.73 Å². The van der Waals surface area contributed by atoms with Gasteiger partial charge in [0, 0.05) is 7.05 Å². The molecule has 0 saturated heterocycles. The van der Waals surface area contributed by atoms with Crippen LogP contribution in [0.2, 0.25) is 0 Å². The molecule has 1 amide bonds. The van der Waals surface area contributed by atoms with Gasteiger partial charge in [0.15, 0.2) is 0 Å². The second-order valence-electron chi connectivity index (χ2n) is 5.55. The van der Waals surface area contributed by atoms with Crippen LogP contribution < -0.4 is 5.73 Å². The molecule has 1 aliphatic carbocycles. The van der Waals surface area contributed by atoms with Crippen molar-refractivity contribution in [3.05, 3.63) is 0 Å². The molecule has 4 heteroatoms. The van der Waals surface area contributed by atoms with Crippen molar-refractivity contribution < 1.29 is 9.90 Å². The Morgan fingerprint density at radius 3 is 2.31 bits per heavy atom. The van der Waals surface area contributed by atoms with Crippen molar-refractivity contribution in [3.63, 3.8) is 0 Å². The lowest BCUT2D eigenvalue weighted by Gasteiger charge is -2.41. The van der Waals surface area contributed by atoms with Crippen LogP contribution >= 0.6 is 0 Å². The molecule has 0 heterocycles. The Kier molecular flexibility index (Phi) is 3.97. The van der Waals surface area contributed by atoms with Gasteiger partial charge in [0.25, 0.3) is 0 Å². The maximum Gasteiger partial charge on any atom is 0.242 e. The fourth-order valence-corrected chi connectivity index (χ4v) is 2.11. The molecule has 4 nitrogen and oxygen atoms in total. The van der Waals surface area contributed by atoms with Gasteiger partial charge in [-0.25, -0.2) is 0 Å². The van der Waals surface area contributed by atoms with Gasteiger partial charge in [0.1, 0.15) is 0 Å². The number of nitrogens with two attached hydrogens (primary N) is 1. The van der Waals surface area contributed by atoms with E-state index in [2.05, 4.69) is 0 Å². The second-order valence-corrected chi connectivity index (χ2v) is 5.55. The lowest BCUT2D eigenvalue weighted by Crippen LogP contribution is -2.60. The fourth-order valence-electron chi connectivity index (χ4n) is 2.11. The predicted octanol–water partition coefficient (Wildman–Crippen LogP) is 0.877. The van der Waals surface area contributed by atoms with Crippen molar-refractivity contribution in [1.82, 2.24) is 4.90 Å². The third-order valence-corrected chi connectivity index (χ3v) is 3.77. The number of rotatable bonds is 3. The monoisotopic (exact) mass is 228 g/mol. The third kappa shape index (κ3) is 2.55. The Morgan fingerprint density at radius 1 is 1.38 bits per heavy atom. The van der Waals surface area contributed by atoms with E-state index in [0.717, 1.165) is 25.7 Å². The quantitative estimate of drug-likeness (QED) is 0.753. The van der Waals surface area contributed by atoms with E-state index >= 15 is 0 Å². The average Bonchev–Trinajstić information content (AvgIpc) is 2.28. The minimum Gasteiger partial charge on any atom is -0.394 e. The Balaban J connectivity index is 2.76. The number of hydrogen-bond acceptors (Lipinski definition) is 3. The van der Waals surface area contributed by atoms with Crippen LogP contribution in [0.5, 0.6) is 0 Å². The van der Waals surface area contributed by atoms with Crippen LogP contribution in [0.1, 0.15) is 46.0 Å². The number of aliphatic hydroxyl groups excluding tert-OH is 1. The summed E-state index contributed by atoms with van der Waals surface area (Å²) in [6.45, 7) is 3.64. The van der Waals surface area contributed by atoms with Gasteiger partial charge in [0.2, 0.25) is 5.91 Å². The zero-order chi connectivity index (χ0) is 12.4. The Bertz CT molecular complexity index is 258. The van der Waals surface area contributed by atoms with E-state index in [1.165, 1.54) is 6.42 Å². The van der Waals surface area contributed by atoms with Gasteiger partial charge in [0.05, 0.1) is 17.7 Å². The number of carbonyl (C=O) groups excluding carboxylic acids is 1. The molecular weight excluding hydrogens is 204 g/mol. The largest absolute Gasteiger partial charge is 0.394 e. The first-order chi connectivity index (χ1) is 7.33. The highest BCUT2D eigenvalue weighted by molar-refractivity contribution is 5.86. The number of likely N-dealkylation sites (N-methyl/N-ethyl adjacent to an activating group) is 1. The molecule has 0 aromatic rings. The zero-order valence-electron chi connectivity index (χ0n) is 10.6. The van der Waals surface area contributed by atoms with Crippen molar-refractivity contribution >= 4 is 5.91 Å². The highest BCUT2D eigenvalue weighted by atomic mass is 16.3. The van der Waals surface area contributed by atoms with E-state index in [9.17, 15) is 9.90 Å². The molecule has 0 aliphatic heterocycles. The molecule has 1 rings (SSSR count). The summed E-state index contributed by atoms with van der Waals surface area (Å²) in [5, 5.41) is 9.26. The van der Waals surface area contributed by atoms with Crippen LogP contribution in [-0.2, 0) is 4.79 Å². The molecule has 1 saturated carbocycles. The molecule has 0 unspecified atom stereocenters. The van der Waals surface area contributed by atoms with E-state index in [-0.39, 0.29) is 12.5 Å². The van der Waals surface area contributed by atoms with Gasteiger partial charge in [-0.1, -0.05) is 19.3 Å². The molecule has 0 aromatic carbocycles. The van der Waals surface area contributed by atoms with Gasteiger partial charge >= 0.3 is 0 Å². The summed E-state index contributed by atoms with van der Waals surface area (Å²) in [5.41, 5.74) is 4.93. The van der Waals surface area contributed by atoms with Gasteiger partial charge in [-0.2, -0.15) is 0 Å². The average molecular weight is 228 g/mol. The molecule has 1 aliphatic rings. The first kappa shape index (κ1) is 13.5. The Hall–Kier alpha value is -0.610. The summed E-state index contributed by atoms with van der Waals surface area (Å²) >= 11 is 0. The van der Waals surface area contributed by atoms with Crippen LogP contribution in [0.4, 0.5) is 0 Å². The van der Waals surface area contributed by atoms with Crippen LogP contribution in [0, 0.1) is 0 Å². The third-order valence-electron chi connectivity index (χ3n) is 3.77. The van der Waals surface area contributed by atoms with Crippen LogP contribution in [-0.4, -0.2) is 40.6 Å². The minimum atomic E-state index is -0.709. The second kappa shape index (κ2) is 4.72. The molecule has 16 heavy (non-hydrogen) atoms. The summed E-state index contributed by atoms with van der Waals surface area (Å²) in [6, 6.07) is 0. The molecule has 1 fully saturated rings. The number of amides is 1. The minimum absolute atomic E-state index is 0.0359. The molecule has 0 atom stereocenters. The zero-order valence-corrected chi connectivity index (χ0v) is 10.6. The number of hydrogen-bond donors (Lipinski definition) is 2. The number of nitrogens with zero attached hydrogens (tertiary/aromatic N) is 1. The lowest BCUT2D eigenvalue weighted by atomic mass is 9.81. The molecule has 0 aromatic heterocycles. The number of carbonyl (C=O) groups is 1. The molecular formula is C12H24N2O2. The lowest BCUT2D eigenvalue weighted by molar-refractivity contribution is -0.143. The Labute approximate surface area is 97.8 Å². The SMILES string of the molecule is CN(C(=O)C1(N)CCCCC1)C(C)(C)CO. The van der Waals surface area contributed by atoms with Crippen molar-refractivity contribution in [2.45, 2.75) is 57.0 Å². The first-order valence-electron chi connectivity index (χ1n) is 6.01. The summed E-state index contributed by atoms with van der Waals surface area (Å²) < 4.78 is 0. The van der Waals surface area contributed by atoms with Gasteiger partial charge in [-0.3, -0.25) is 4.79 Å². The molecule has 0 bridgehead atoms. The van der Waals surface area contributed by atoms with E-state index in [4.69, 9.17) is 5.73 Å². The standard InChI is InChI=1S/C12H24N2O2/c1-11(2,9-15)14(3)10(16)12(13)7-5-4-6-8-12/h15H,4-9,13H2,1-3H3. The van der Waals surface area contributed by atoms with E-state index < -0.39 is 11.1 Å². The first-order valence-corrected chi connectivity index (χ1v) is 6.01. The van der Waals surface area contributed by atoms with Gasteiger partial charge < -0.3 is 15.7 Å². The summed E-state index contributed by atoms with van der Waals surface area (Å²) in [6.07, 6.45) is 4.74. The summed E-state index contributed by atoms with van der Waals surface area (Å²) in [4.78, 5) is 13.9. The summed E-state index contributed by atoms with van der Waals surface area (Å²) in [7, 11) is 1.72. The molecule has 0 spiro atoms. The van der Waals surface area contributed by atoms with Crippen LogP contribution in [0.15, 0.2) is 0 Å². The smallest absolute Gasteiger partial charge is 0.242 e. The molecule has 3 N–H and O–H groups in total. The topological polar surface area (TPSA) is 66.6 Å². The van der Waals surface area contributed by atoms with Crippen molar-refractivity contribution in [2.75, 3.05) is 13.7 Å². The van der Waals surface area contributed by atoms with Crippen LogP contribution in [0.3, 0.4) is 0 Å². The molecule has 0 radical (unpaired) electrons. The highest BCUT2D eigenvalue weighted by Gasteiger charge is 2.41. The summed E-state index contributed by atoms with van der Waals surface area (Å²) in [5.74, 6) is -0.0359. The van der Waals surface area contributed by atoms with Gasteiger partial charge in [-0.05, 0) is 26.7 Å². The van der Waals surface area contributed by atoms with E-state index in [0.29, 0.717) is 0 Å². The van der Waals surface area contributed by atoms with E-state index in [1.54, 1.807) is 11.9 Å². The van der Waals surface area contributed by atoms with Crippen molar-refractivity contribution in [1.29, 1.82) is 0 Å². The predicted molar refractivity (Wildman–Crippen MR) is 63.9 cm³/mol. The van der Waals surface area contributed by atoms with Gasteiger partial charge in [-0.15, -0.1) is 0 Å². The maximum atomic E-state index is 12.3. The molecule has 94 valence electrons. The highest BCUT2D eigenvalue weighted by Crippen LogP contribution is 2.29. The van der Waals surface area contributed by atoms with E-state index in [1.807, 2.05) is 13.8 Å². The van der Waals surface area contributed by atoms with Crippen LogP contribution in [0.25, 0.3) is 0 Å². The fraction of sp³-hybridized carbons (Fsp3) is 0.917. The van der Waals surface area contributed by atoms with Crippen molar-refractivity contribution in [3.8, 4) is 0 Å².